The first-order valence-electron chi connectivity index (χ1n) is 13.1. The Bertz CT molecular complexity index is 1660. The molecule has 38 heavy (non-hydrogen) atoms. The van der Waals surface area contributed by atoms with E-state index in [9.17, 15) is 0 Å². The van der Waals surface area contributed by atoms with E-state index >= 15 is 0 Å². The van der Waals surface area contributed by atoms with Crippen molar-refractivity contribution >= 4 is 19.2 Å². The Morgan fingerprint density at radius 3 is 1.39 bits per heavy atom. The summed E-state index contributed by atoms with van der Waals surface area (Å²) in [6.45, 7) is 11.3. The molecule has 0 amide bonds. The molecule has 0 spiro atoms. The van der Waals surface area contributed by atoms with Crippen molar-refractivity contribution in [2.75, 3.05) is 0 Å². The molecule has 0 radical (unpaired) electrons. The van der Waals surface area contributed by atoms with Crippen LogP contribution in [0.1, 0.15) is 38.9 Å². The minimum atomic E-state index is -2.23. The summed E-state index contributed by atoms with van der Waals surface area (Å²) in [6.07, 6.45) is 0. The van der Waals surface area contributed by atoms with Crippen LogP contribution in [0.2, 0.25) is 13.1 Å². The Morgan fingerprint density at radius 1 is 0.500 bits per heavy atom. The van der Waals surface area contributed by atoms with Crippen LogP contribution in [0.5, 0.6) is 0 Å². The molecule has 1 aliphatic heterocycles. The number of allylic oxidation sites excluding steroid dienone is 4. The van der Waals surface area contributed by atoms with Gasteiger partial charge in [-0.2, -0.15) is 0 Å². The standard InChI is InChI=1S/C37H32Si/c1-27-25-28(2)33(29(3)26-27)22-24-35-37(32-19-13-8-14-20-32)36(31-17-11-7-12-18-31)34(38(35,4)5)23-21-30-15-9-6-10-16-30/h6-20,25-26H,1-5H3. The molecule has 4 aromatic rings. The van der Waals surface area contributed by atoms with Crippen molar-refractivity contribution in [3.63, 3.8) is 0 Å². The molecule has 0 atom stereocenters. The van der Waals surface area contributed by atoms with Crippen LogP contribution in [0.4, 0.5) is 0 Å². The van der Waals surface area contributed by atoms with E-state index < -0.39 is 8.07 Å². The lowest BCUT2D eigenvalue weighted by atomic mass is 9.91. The predicted molar refractivity (Wildman–Crippen MR) is 165 cm³/mol. The summed E-state index contributed by atoms with van der Waals surface area (Å²) in [6, 6.07) is 36.2. The van der Waals surface area contributed by atoms with Gasteiger partial charge in [0.05, 0.1) is 0 Å². The number of hydrogen-bond donors (Lipinski definition) is 0. The van der Waals surface area contributed by atoms with E-state index in [4.69, 9.17) is 0 Å². The van der Waals surface area contributed by atoms with E-state index in [1.807, 2.05) is 18.2 Å². The second-order valence-corrected chi connectivity index (χ2v) is 14.7. The number of rotatable bonds is 2. The predicted octanol–water partition coefficient (Wildman–Crippen LogP) is 8.72. The van der Waals surface area contributed by atoms with E-state index in [0.29, 0.717) is 0 Å². The molecule has 1 heteroatoms. The monoisotopic (exact) mass is 504 g/mol. The second-order valence-electron chi connectivity index (χ2n) is 10.5. The van der Waals surface area contributed by atoms with Gasteiger partial charge in [-0.1, -0.05) is 133 Å². The fourth-order valence-electron chi connectivity index (χ4n) is 5.38. The zero-order valence-corrected chi connectivity index (χ0v) is 23.8. The SMILES string of the molecule is Cc1cc(C)c(C#CC2=C(c3ccccc3)C(c3ccccc3)=C(C#Cc3ccccc3)[Si]2(C)C)c(C)c1. The fraction of sp³-hybridized carbons (Fsp3) is 0.135. The minimum absolute atomic E-state index is 1.03. The average molecular weight is 505 g/mol. The quantitative estimate of drug-likeness (QED) is 0.189. The summed E-state index contributed by atoms with van der Waals surface area (Å²) in [7, 11) is -2.23. The molecule has 0 N–H and O–H groups in total. The molecule has 0 fully saturated rings. The van der Waals surface area contributed by atoms with Crippen molar-refractivity contribution in [2.24, 2.45) is 0 Å². The molecular formula is C37H32Si. The lowest BCUT2D eigenvalue weighted by molar-refractivity contribution is 1.30. The summed E-state index contributed by atoms with van der Waals surface area (Å²) in [5.41, 5.74) is 10.8. The van der Waals surface area contributed by atoms with Gasteiger partial charge in [-0.3, -0.25) is 0 Å². The Hall–Kier alpha value is -4.30. The maximum atomic E-state index is 3.75. The highest BCUT2D eigenvalue weighted by Gasteiger charge is 2.41. The third-order valence-electron chi connectivity index (χ3n) is 7.22. The zero-order chi connectivity index (χ0) is 26.7. The van der Waals surface area contributed by atoms with Crippen molar-refractivity contribution in [1.29, 1.82) is 0 Å². The van der Waals surface area contributed by atoms with Crippen LogP contribution in [0.15, 0.2) is 114 Å². The Labute approximate surface area is 228 Å². The van der Waals surface area contributed by atoms with Crippen LogP contribution in [0.25, 0.3) is 11.1 Å². The highest BCUT2D eigenvalue weighted by atomic mass is 28.3. The third kappa shape index (κ3) is 4.95. The first-order chi connectivity index (χ1) is 18.4. The number of hydrogen-bond acceptors (Lipinski definition) is 0. The van der Waals surface area contributed by atoms with Gasteiger partial charge >= 0.3 is 0 Å². The Morgan fingerprint density at radius 2 is 0.921 bits per heavy atom. The maximum absolute atomic E-state index is 3.75. The molecule has 0 aromatic heterocycles. The van der Waals surface area contributed by atoms with Gasteiger partial charge < -0.3 is 0 Å². The molecule has 0 bridgehead atoms. The summed E-state index contributed by atoms with van der Waals surface area (Å²) < 4.78 is 0. The van der Waals surface area contributed by atoms with E-state index in [1.165, 1.54) is 49.4 Å². The van der Waals surface area contributed by atoms with Gasteiger partial charge in [-0.05, 0) is 66.3 Å². The second kappa shape index (κ2) is 10.6. The molecule has 184 valence electrons. The molecule has 1 aliphatic rings. The van der Waals surface area contributed by atoms with Gasteiger partial charge in [-0.25, -0.2) is 0 Å². The first-order valence-corrected chi connectivity index (χ1v) is 16.1. The topological polar surface area (TPSA) is 0 Å². The first kappa shape index (κ1) is 25.4. The van der Waals surface area contributed by atoms with Gasteiger partial charge in [0.25, 0.3) is 0 Å². The highest BCUT2D eigenvalue weighted by molar-refractivity contribution is 6.96. The van der Waals surface area contributed by atoms with E-state index in [-0.39, 0.29) is 0 Å². The molecule has 0 nitrogen and oxygen atoms in total. The van der Waals surface area contributed by atoms with E-state index in [1.54, 1.807) is 0 Å². The zero-order valence-electron chi connectivity index (χ0n) is 22.8. The van der Waals surface area contributed by atoms with Crippen molar-refractivity contribution in [3.05, 3.63) is 152 Å². The lowest BCUT2D eigenvalue weighted by Gasteiger charge is -2.19. The highest BCUT2D eigenvalue weighted by Crippen LogP contribution is 2.48. The van der Waals surface area contributed by atoms with Crippen LogP contribution >= 0.6 is 0 Å². The summed E-state index contributed by atoms with van der Waals surface area (Å²) in [4.78, 5) is 0. The molecule has 0 saturated heterocycles. The molecular weight excluding hydrogens is 472 g/mol. The van der Waals surface area contributed by atoms with Crippen molar-refractivity contribution < 1.29 is 0 Å². The Kier molecular flexibility index (Phi) is 7.06. The van der Waals surface area contributed by atoms with Crippen molar-refractivity contribution in [2.45, 2.75) is 33.9 Å². The minimum Gasteiger partial charge on any atom is -0.0696 e. The van der Waals surface area contributed by atoms with Crippen LogP contribution in [-0.2, 0) is 0 Å². The average Bonchev–Trinajstić information content (AvgIpc) is 3.14. The van der Waals surface area contributed by atoms with Crippen LogP contribution < -0.4 is 0 Å². The van der Waals surface area contributed by atoms with Crippen molar-refractivity contribution in [1.82, 2.24) is 0 Å². The van der Waals surface area contributed by atoms with E-state index in [0.717, 1.165) is 11.1 Å². The van der Waals surface area contributed by atoms with Gasteiger partial charge in [0.2, 0.25) is 0 Å². The van der Waals surface area contributed by atoms with Gasteiger partial charge in [0.1, 0.15) is 8.07 Å². The van der Waals surface area contributed by atoms with Crippen LogP contribution in [0.3, 0.4) is 0 Å². The number of benzene rings is 4. The molecule has 0 unspecified atom stereocenters. The third-order valence-corrected chi connectivity index (χ3v) is 10.5. The molecule has 1 heterocycles. The smallest absolute Gasteiger partial charge is 0.0696 e. The molecule has 0 aliphatic carbocycles. The van der Waals surface area contributed by atoms with Gasteiger partial charge in [0, 0.05) is 21.5 Å². The largest absolute Gasteiger partial charge is 0.135 e. The molecule has 5 rings (SSSR count). The summed E-state index contributed by atoms with van der Waals surface area (Å²) >= 11 is 0. The van der Waals surface area contributed by atoms with Crippen molar-refractivity contribution in [3.8, 4) is 23.7 Å². The van der Waals surface area contributed by atoms with Gasteiger partial charge in [0.15, 0.2) is 0 Å². The normalized spacial score (nSPS) is 14.0. The lowest BCUT2D eigenvalue weighted by Crippen LogP contribution is -2.29. The summed E-state index contributed by atoms with van der Waals surface area (Å²) in [5.74, 6) is 14.5. The number of aryl methyl sites for hydroxylation is 3. The van der Waals surface area contributed by atoms with E-state index in [2.05, 4.69) is 142 Å². The van der Waals surface area contributed by atoms with Crippen LogP contribution in [0, 0.1) is 44.5 Å². The Balaban J connectivity index is 1.80. The van der Waals surface area contributed by atoms with Crippen LogP contribution in [-0.4, -0.2) is 8.07 Å². The molecule has 0 saturated carbocycles. The fourth-order valence-corrected chi connectivity index (χ4v) is 8.17. The molecule has 4 aromatic carbocycles. The summed E-state index contributed by atoms with van der Waals surface area (Å²) in [5, 5.41) is 2.49. The maximum Gasteiger partial charge on any atom is 0.135 e. The van der Waals surface area contributed by atoms with Gasteiger partial charge in [-0.15, -0.1) is 0 Å².